The van der Waals surface area contributed by atoms with E-state index in [9.17, 15) is 4.79 Å². The number of hydrogen-bond acceptors (Lipinski definition) is 3. The Kier molecular flexibility index (Phi) is 4.64. The molecule has 1 amide bonds. The van der Waals surface area contributed by atoms with E-state index in [0.29, 0.717) is 11.8 Å². The zero-order chi connectivity index (χ0) is 26.9. The first kappa shape index (κ1) is 23.9. The Morgan fingerprint density at radius 2 is 2.02 bits per heavy atom. The van der Waals surface area contributed by atoms with Crippen LogP contribution in [0.3, 0.4) is 0 Å². The Labute approximate surface area is 241 Å². The summed E-state index contributed by atoms with van der Waals surface area (Å²) in [7, 11) is 0. The van der Waals surface area contributed by atoms with Crippen molar-refractivity contribution in [3.8, 4) is 11.3 Å². The van der Waals surface area contributed by atoms with Gasteiger partial charge in [-0.15, -0.1) is 11.3 Å². The van der Waals surface area contributed by atoms with Crippen molar-refractivity contribution in [2.45, 2.75) is 78.1 Å². The van der Waals surface area contributed by atoms with Crippen LogP contribution < -0.4 is 5.32 Å². The van der Waals surface area contributed by atoms with Crippen molar-refractivity contribution in [3.63, 3.8) is 0 Å². The number of nitrogens with one attached hydrogen (secondary N) is 1. The number of rotatable bonds is 5. The van der Waals surface area contributed by atoms with Gasteiger partial charge in [0.25, 0.3) is 0 Å². The molecule has 3 aromatic rings. The molecular formula is C36H38N2OS. The summed E-state index contributed by atoms with van der Waals surface area (Å²) >= 11 is 1.59. The van der Waals surface area contributed by atoms with Crippen LogP contribution in [0.5, 0.6) is 0 Å². The third-order valence-electron chi connectivity index (χ3n) is 12.7. The predicted molar refractivity (Wildman–Crippen MR) is 163 cm³/mol. The summed E-state index contributed by atoms with van der Waals surface area (Å²) in [5.74, 6) is 1.61. The molecule has 6 aliphatic carbocycles. The Balaban J connectivity index is 1.07. The molecule has 1 N–H and O–H groups in total. The van der Waals surface area contributed by atoms with E-state index < -0.39 is 0 Å². The normalized spacial score (nSPS) is 38.0. The molecule has 9 rings (SSSR count). The number of nitrogens with zero attached hydrogens (tertiary/aromatic N) is 1. The minimum Gasteiger partial charge on any atom is -0.301 e. The largest absolute Gasteiger partial charge is 0.301 e. The van der Waals surface area contributed by atoms with Crippen LogP contribution >= 0.6 is 11.3 Å². The second-order valence-corrected chi connectivity index (χ2v) is 14.8. The van der Waals surface area contributed by atoms with Gasteiger partial charge < -0.3 is 5.32 Å². The molecule has 3 nitrogen and oxygen atoms in total. The predicted octanol–water partition coefficient (Wildman–Crippen LogP) is 9.11. The summed E-state index contributed by atoms with van der Waals surface area (Å²) < 4.78 is 0. The van der Waals surface area contributed by atoms with Gasteiger partial charge in [0, 0.05) is 21.8 Å². The highest BCUT2D eigenvalue weighted by atomic mass is 32.1. The van der Waals surface area contributed by atoms with E-state index in [2.05, 4.69) is 73.1 Å². The minimum atomic E-state index is -0.219. The first-order valence-corrected chi connectivity index (χ1v) is 16.6. The van der Waals surface area contributed by atoms with Gasteiger partial charge in [-0.2, -0.15) is 0 Å². The Morgan fingerprint density at radius 3 is 2.90 bits per heavy atom. The van der Waals surface area contributed by atoms with E-state index in [4.69, 9.17) is 4.98 Å². The summed E-state index contributed by atoms with van der Waals surface area (Å²) in [6.45, 7) is 4.69. The average molecular weight is 547 g/mol. The van der Waals surface area contributed by atoms with Crippen molar-refractivity contribution in [3.05, 3.63) is 70.6 Å². The number of carbonyl (C=O) groups excluding carboxylic acids is 1. The van der Waals surface area contributed by atoms with Gasteiger partial charge in [0.15, 0.2) is 5.13 Å². The SMILES string of the molecule is CCCc1ccc(-c2csc(NC(=O)C34CC3(C)C3C5=C(C=CCC5)C56CCCCC(C5)C364)n2)c2ccccc12. The molecule has 4 saturated carbocycles. The third kappa shape index (κ3) is 2.44. The number of carbonyl (C=O) groups is 1. The molecule has 0 saturated heterocycles. The van der Waals surface area contributed by atoms with E-state index in [-0.39, 0.29) is 27.6 Å². The number of benzene rings is 2. The molecule has 4 heteroatoms. The van der Waals surface area contributed by atoms with Gasteiger partial charge in [-0.25, -0.2) is 4.98 Å². The summed E-state index contributed by atoms with van der Waals surface area (Å²) in [5.41, 5.74) is 7.29. The van der Waals surface area contributed by atoms with Gasteiger partial charge >= 0.3 is 0 Å². The summed E-state index contributed by atoms with van der Waals surface area (Å²) in [4.78, 5) is 19.6. The Morgan fingerprint density at radius 1 is 1.15 bits per heavy atom. The number of thiazole rings is 1. The molecule has 2 spiro atoms. The van der Waals surface area contributed by atoms with Crippen LogP contribution in [0.2, 0.25) is 0 Å². The van der Waals surface area contributed by atoms with E-state index in [1.54, 1.807) is 22.5 Å². The molecule has 4 fully saturated rings. The molecule has 0 aliphatic heterocycles. The zero-order valence-electron chi connectivity index (χ0n) is 23.7. The molecule has 204 valence electrons. The number of aromatic nitrogens is 1. The maximum atomic E-state index is 14.5. The Hall–Kier alpha value is -2.72. The molecule has 6 atom stereocenters. The van der Waals surface area contributed by atoms with Gasteiger partial charge in [-0.05, 0) is 84.1 Å². The van der Waals surface area contributed by atoms with Crippen molar-refractivity contribution in [1.82, 2.24) is 4.98 Å². The number of aryl methyl sites for hydroxylation is 1. The average Bonchev–Trinajstić information content (AvgIpc) is 3.31. The maximum Gasteiger partial charge on any atom is 0.233 e. The highest BCUT2D eigenvalue weighted by Gasteiger charge is 3.00. The van der Waals surface area contributed by atoms with Gasteiger partial charge in [0.05, 0.1) is 11.1 Å². The highest BCUT2D eigenvalue weighted by Crippen LogP contribution is 3.02. The first-order chi connectivity index (χ1) is 19.5. The van der Waals surface area contributed by atoms with Gasteiger partial charge in [0.1, 0.15) is 0 Å². The molecule has 6 unspecified atom stereocenters. The van der Waals surface area contributed by atoms with Crippen molar-refractivity contribution in [2.24, 2.45) is 33.5 Å². The Bertz CT molecular complexity index is 1680. The van der Waals surface area contributed by atoms with Crippen LogP contribution in [0.15, 0.2) is 65.1 Å². The van der Waals surface area contributed by atoms with Crippen LogP contribution in [0.4, 0.5) is 5.13 Å². The molecule has 1 heterocycles. The monoisotopic (exact) mass is 546 g/mol. The van der Waals surface area contributed by atoms with Crippen molar-refractivity contribution < 1.29 is 4.79 Å². The van der Waals surface area contributed by atoms with Crippen molar-refractivity contribution in [2.75, 3.05) is 5.32 Å². The number of hydrogen-bond donors (Lipinski definition) is 1. The van der Waals surface area contributed by atoms with Crippen LogP contribution in [0.25, 0.3) is 22.0 Å². The van der Waals surface area contributed by atoms with Crippen LogP contribution in [0.1, 0.15) is 77.2 Å². The molecule has 0 radical (unpaired) electrons. The van der Waals surface area contributed by atoms with E-state index >= 15 is 0 Å². The minimum absolute atomic E-state index is 0.124. The van der Waals surface area contributed by atoms with Crippen LogP contribution in [-0.4, -0.2) is 10.9 Å². The fourth-order valence-electron chi connectivity index (χ4n) is 11.7. The van der Waals surface area contributed by atoms with E-state index in [0.717, 1.165) is 35.7 Å². The first-order valence-electron chi connectivity index (χ1n) is 15.7. The fraction of sp³-hybridized carbons (Fsp3) is 0.500. The highest BCUT2D eigenvalue weighted by molar-refractivity contribution is 7.14. The third-order valence-corrected chi connectivity index (χ3v) is 13.5. The van der Waals surface area contributed by atoms with Gasteiger partial charge in [-0.1, -0.05) is 87.2 Å². The summed E-state index contributed by atoms with van der Waals surface area (Å²) in [5, 5.41) is 8.90. The van der Waals surface area contributed by atoms with E-state index in [1.807, 2.05) is 0 Å². The molecule has 1 aromatic heterocycles. The second-order valence-electron chi connectivity index (χ2n) is 14.0. The smallest absolute Gasteiger partial charge is 0.233 e. The van der Waals surface area contributed by atoms with Crippen LogP contribution in [0, 0.1) is 33.5 Å². The number of anilines is 1. The second kappa shape index (κ2) is 7.76. The van der Waals surface area contributed by atoms with Gasteiger partial charge in [-0.3, -0.25) is 4.79 Å². The number of fused-ring (bicyclic) bond motifs is 5. The zero-order valence-corrected chi connectivity index (χ0v) is 24.5. The van der Waals surface area contributed by atoms with E-state index in [1.165, 1.54) is 61.3 Å². The fourth-order valence-corrected chi connectivity index (χ4v) is 12.4. The maximum absolute atomic E-state index is 14.5. The number of amides is 1. The lowest BCUT2D eigenvalue weighted by atomic mass is 9.28. The van der Waals surface area contributed by atoms with Crippen LogP contribution in [-0.2, 0) is 11.2 Å². The molecule has 6 aliphatic rings. The summed E-state index contributed by atoms with van der Waals surface area (Å²) in [6, 6.07) is 13.2. The molecule has 2 bridgehead atoms. The topological polar surface area (TPSA) is 42.0 Å². The van der Waals surface area contributed by atoms with Crippen molar-refractivity contribution in [1.29, 1.82) is 0 Å². The molecular weight excluding hydrogens is 508 g/mol. The summed E-state index contributed by atoms with van der Waals surface area (Å²) in [6.07, 6.45) is 17.2. The molecule has 40 heavy (non-hydrogen) atoms. The lowest BCUT2D eigenvalue weighted by Gasteiger charge is -2.74. The standard InChI is InChI=1S/C36H38N2OS/c1-3-10-22-16-17-26(25-13-5-4-12-24(22)25)29-20-40-32(37-29)38-31(39)35-21-33(35,2)30-27-14-6-7-15-28(27)34-18-9-8-11-23(19-34)36(30,34)35/h4-5,7,12-13,15-17,20,23,30H,3,6,8-11,14,18-19,21H2,1-2H3,(H,37,38,39). The quantitative estimate of drug-likeness (QED) is 0.347. The number of allylic oxidation sites excluding steroid dienone is 4. The van der Waals surface area contributed by atoms with Gasteiger partial charge in [0.2, 0.25) is 5.91 Å². The molecule has 2 aromatic carbocycles. The lowest BCUT2D eigenvalue weighted by molar-refractivity contribution is -0.257. The lowest BCUT2D eigenvalue weighted by Crippen LogP contribution is -2.73. The van der Waals surface area contributed by atoms with Crippen molar-refractivity contribution >= 4 is 33.1 Å².